The van der Waals surface area contributed by atoms with Crippen LogP contribution in [0.5, 0.6) is 0 Å². The average molecular weight is 417 g/mol. The van der Waals surface area contributed by atoms with Crippen molar-refractivity contribution in [2.24, 2.45) is 0 Å². The largest absolute Gasteiger partial charge is 0.388 e. The molecule has 0 radical (unpaired) electrons. The molecule has 2 aliphatic carbocycles. The van der Waals surface area contributed by atoms with Gasteiger partial charge in [0.1, 0.15) is 0 Å². The maximum Gasteiger partial charge on any atom is 0.253 e. The molecule has 1 aromatic heterocycles. The van der Waals surface area contributed by atoms with Crippen molar-refractivity contribution >= 4 is 28.4 Å². The molecule has 0 unspecified atom stereocenters. The van der Waals surface area contributed by atoms with E-state index in [1.165, 1.54) is 25.7 Å². The highest BCUT2D eigenvalue weighted by atomic mass is 35.5. The van der Waals surface area contributed by atoms with Gasteiger partial charge in [-0.1, -0.05) is 63.6 Å². The van der Waals surface area contributed by atoms with E-state index in [0.29, 0.717) is 16.5 Å². The number of amides is 1. The Bertz CT molecular complexity index is 840. The van der Waals surface area contributed by atoms with Gasteiger partial charge < -0.3 is 10.4 Å². The number of aliphatic hydroxyl groups is 1. The van der Waals surface area contributed by atoms with Crippen molar-refractivity contribution in [2.45, 2.75) is 83.2 Å². The van der Waals surface area contributed by atoms with E-state index in [4.69, 9.17) is 16.6 Å². The van der Waals surface area contributed by atoms with E-state index >= 15 is 0 Å². The lowest BCUT2D eigenvalue weighted by Gasteiger charge is -2.32. The van der Waals surface area contributed by atoms with Crippen LogP contribution in [0.15, 0.2) is 24.3 Å². The number of carbonyl (C=O) groups excluding carboxylic acids is 1. The van der Waals surface area contributed by atoms with E-state index in [1.807, 2.05) is 32.0 Å². The van der Waals surface area contributed by atoms with Crippen LogP contribution in [0.3, 0.4) is 0 Å². The summed E-state index contributed by atoms with van der Waals surface area (Å²) in [5.74, 6) is 0.294. The summed E-state index contributed by atoms with van der Waals surface area (Å²) in [6.07, 6.45) is 9.57. The minimum Gasteiger partial charge on any atom is -0.388 e. The molecule has 0 atom stereocenters. The van der Waals surface area contributed by atoms with Gasteiger partial charge >= 0.3 is 0 Å². The van der Waals surface area contributed by atoms with Crippen LogP contribution in [0.1, 0.15) is 93.6 Å². The third-order valence-electron chi connectivity index (χ3n) is 6.20. The fraction of sp³-hybridized carbons (Fsp3) is 0.583. The monoisotopic (exact) mass is 416 g/mol. The van der Waals surface area contributed by atoms with E-state index < -0.39 is 5.60 Å². The van der Waals surface area contributed by atoms with Crippen LogP contribution in [0.25, 0.3) is 10.9 Å². The van der Waals surface area contributed by atoms with E-state index in [2.05, 4.69) is 5.32 Å². The molecule has 0 spiro atoms. The fourth-order valence-electron chi connectivity index (χ4n) is 4.59. The molecule has 1 aromatic carbocycles. The van der Waals surface area contributed by atoms with Crippen LogP contribution >= 0.6 is 11.6 Å². The van der Waals surface area contributed by atoms with Crippen molar-refractivity contribution in [2.75, 3.05) is 6.54 Å². The van der Waals surface area contributed by atoms with E-state index in [-0.39, 0.29) is 12.5 Å². The minimum atomic E-state index is -0.793. The molecule has 2 aliphatic rings. The topological polar surface area (TPSA) is 62.2 Å². The first-order valence-corrected chi connectivity index (χ1v) is 11.5. The maximum absolute atomic E-state index is 12.9. The Morgan fingerprint density at radius 1 is 1.10 bits per heavy atom. The Balaban J connectivity index is 0.00000117. The van der Waals surface area contributed by atoms with Gasteiger partial charge in [0.15, 0.2) is 0 Å². The molecule has 2 N–H and O–H groups in total. The lowest BCUT2D eigenvalue weighted by atomic mass is 9.85. The molecule has 4 nitrogen and oxygen atoms in total. The molecule has 29 heavy (non-hydrogen) atoms. The first-order valence-electron chi connectivity index (χ1n) is 11.2. The third-order valence-corrected chi connectivity index (χ3v) is 6.52. The van der Waals surface area contributed by atoms with Crippen molar-refractivity contribution in [3.63, 3.8) is 0 Å². The predicted octanol–water partition coefficient (Wildman–Crippen LogP) is 6.00. The quantitative estimate of drug-likeness (QED) is 0.642. The summed E-state index contributed by atoms with van der Waals surface area (Å²) in [7, 11) is 0. The van der Waals surface area contributed by atoms with Crippen LogP contribution in [0.4, 0.5) is 0 Å². The van der Waals surface area contributed by atoms with Crippen LogP contribution in [-0.4, -0.2) is 28.1 Å². The van der Waals surface area contributed by atoms with Crippen molar-refractivity contribution < 1.29 is 9.90 Å². The molecule has 0 aliphatic heterocycles. The molecule has 1 heterocycles. The molecule has 2 saturated carbocycles. The second-order valence-corrected chi connectivity index (χ2v) is 8.58. The molecule has 4 rings (SSSR count). The van der Waals surface area contributed by atoms with Crippen molar-refractivity contribution in [1.29, 1.82) is 0 Å². The Morgan fingerprint density at radius 3 is 2.48 bits per heavy atom. The first kappa shape index (κ1) is 22.0. The molecular weight excluding hydrogens is 384 g/mol. The van der Waals surface area contributed by atoms with Gasteiger partial charge in [-0.3, -0.25) is 9.78 Å². The van der Waals surface area contributed by atoms with Gasteiger partial charge in [-0.2, -0.15) is 0 Å². The summed E-state index contributed by atoms with van der Waals surface area (Å²) in [6, 6.07) is 7.66. The maximum atomic E-state index is 12.9. The molecule has 0 saturated heterocycles. The van der Waals surface area contributed by atoms with Gasteiger partial charge in [0, 0.05) is 23.5 Å². The zero-order valence-corrected chi connectivity index (χ0v) is 18.4. The Morgan fingerprint density at radius 2 is 1.79 bits per heavy atom. The molecule has 0 bridgehead atoms. The van der Waals surface area contributed by atoms with Gasteiger partial charge in [0.05, 0.1) is 21.7 Å². The number of benzene rings is 1. The van der Waals surface area contributed by atoms with Crippen molar-refractivity contribution in [3.05, 3.63) is 40.5 Å². The second kappa shape index (κ2) is 9.90. The van der Waals surface area contributed by atoms with Gasteiger partial charge in [-0.15, -0.1) is 0 Å². The number of nitrogens with zero attached hydrogens (tertiary/aromatic N) is 1. The highest BCUT2D eigenvalue weighted by Crippen LogP contribution is 2.35. The number of nitrogens with one attached hydrogen (secondary N) is 1. The average Bonchev–Trinajstić information content (AvgIpc) is 3.29. The van der Waals surface area contributed by atoms with Crippen LogP contribution in [-0.2, 0) is 0 Å². The Hall–Kier alpha value is -1.65. The van der Waals surface area contributed by atoms with Gasteiger partial charge in [0.25, 0.3) is 5.91 Å². The van der Waals surface area contributed by atoms with Crippen LogP contribution < -0.4 is 5.32 Å². The summed E-state index contributed by atoms with van der Waals surface area (Å²) in [5.41, 5.74) is 1.59. The molecule has 2 fully saturated rings. The smallest absolute Gasteiger partial charge is 0.253 e. The number of halogens is 1. The molecule has 158 valence electrons. The summed E-state index contributed by atoms with van der Waals surface area (Å²) >= 11 is 6.37. The zero-order chi connectivity index (χ0) is 20.9. The van der Waals surface area contributed by atoms with Crippen LogP contribution in [0.2, 0.25) is 5.02 Å². The van der Waals surface area contributed by atoms with Crippen molar-refractivity contribution in [1.82, 2.24) is 10.3 Å². The molecular formula is C24H33ClN2O2. The molecule has 5 heteroatoms. The number of rotatable bonds is 4. The number of hydrogen-bond donors (Lipinski definition) is 2. The standard InChI is InChI=1S/C22H27ClN2O2.C2H6/c23-17-9-11-19-16(8-10-18(25-19)15-6-2-3-7-15)20(17)21(26)24-14-22(27)12-4-1-5-13-22;1-2/h8-11,15,27H,1-7,12-14H2,(H,24,26);1-2H3. The summed E-state index contributed by atoms with van der Waals surface area (Å²) in [4.78, 5) is 17.7. The third kappa shape index (κ3) is 5.10. The van der Waals surface area contributed by atoms with E-state index in [0.717, 1.165) is 48.7 Å². The number of hydrogen-bond acceptors (Lipinski definition) is 3. The summed E-state index contributed by atoms with van der Waals surface area (Å²) in [6.45, 7) is 4.27. The van der Waals surface area contributed by atoms with Crippen LogP contribution in [0, 0.1) is 0 Å². The minimum absolute atomic E-state index is 0.236. The van der Waals surface area contributed by atoms with Gasteiger partial charge in [0.2, 0.25) is 0 Å². The van der Waals surface area contributed by atoms with Gasteiger partial charge in [-0.05, 0) is 43.9 Å². The van der Waals surface area contributed by atoms with E-state index in [9.17, 15) is 9.90 Å². The first-order chi connectivity index (χ1) is 14.1. The normalized spacial score (nSPS) is 18.9. The van der Waals surface area contributed by atoms with E-state index in [1.54, 1.807) is 6.07 Å². The molecule has 1 amide bonds. The predicted molar refractivity (Wildman–Crippen MR) is 120 cm³/mol. The number of aromatic nitrogens is 1. The SMILES string of the molecule is CC.O=C(NCC1(O)CCCCC1)c1c(Cl)ccc2nc(C3CCCC3)ccc12. The lowest BCUT2D eigenvalue weighted by Crippen LogP contribution is -2.44. The summed E-state index contributed by atoms with van der Waals surface area (Å²) < 4.78 is 0. The molecule has 2 aromatic rings. The lowest BCUT2D eigenvalue weighted by molar-refractivity contribution is 0.00527. The van der Waals surface area contributed by atoms with Crippen molar-refractivity contribution in [3.8, 4) is 0 Å². The highest BCUT2D eigenvalue weighted by Gasteiger charge is 2.30. The number of carbonyl (C=O) groups is 1. The van der Waals surface area contributed by atoms with Gasteiger partial charge in [-0.25, -0.2) is 0 Å². The Labute approximate surface area is 179 Å². The number of fused-ring (bicyclic) bond motifs is 1. The zero-order valence-electron chi connectivity index (χ0n) is 17.6. The summed E-state index contributed by atoms with van der Waals surface area (Å²) in [5, 5.41) is 14.8. The highest BCUT2D eigenvalue weighted by molar-refractivity contribution is 6.35. The Kier molecular flexibility index (Phi) is 7.53. The second-order valence-electron chi connectivity index (χ2n) is 8.17. The fourth-order valence-corrected chi connectivity index (χ4v) is 4.84. The number of pyridine rings is 1.